The second-order valence-electron chi connectivity index (χ2n) is 6.45. The van der Waals surface area contributed by atoms with Crippen LogP contribution in [0.5, 0.6) is 5.75 Å². The summed E-state index contributed by atoms with van der Waals surface area (Å²) < 4.78 is 0. The van der Waals surface area contributed by atoms with E-state index < -0.39 is 0 Å². The molecule has 0 spiro atoms. The van der Waals surface area contributed by atoms with Crippen molar-refractivity contribution in [1.82, 2.24) is 4.90 Å². The van der Waals surface area contributed by atoms with Gasteiger partial charge in [-0.15, -0.1) is 0 Å². The Bertz CT molecular complexity index is 840. The normalized spacial score (nSPS) is 14.0. The molecule has 0 radical (unpaired) electrons. The lowest BCUT2D eigenvalue weighted by Gasteiger charge is -2.36. The molecule has 1 aliphatic heterocycles. The third kappa shape index (κ3) is 4.11. The standard InChI is InChI=1S/C21H23N3O3/c1-3-20(26)22(2)17-9-7-16(8-10-17)21(27)24-13-11-23(12-14-24)18-5-4-6-19(25)15-18/h3-10,15,25H,1,11-14H2,2H3. The topological polar surface area (TPSA) is 64.1 Å². The van der Waals surface area contributed by atoms with E-state index in [1.807, 2.05) is 17.0 Å². The van der Waals surface area contributed by atoms with Crippen LogP contribution in [0, 0.1) is 0 Å². The molecule has 1 N–H and O–H groups in total. The smallest absolute Gasteiger partial charge is 0.253 e. The van der Waals surface area contributed by atoms with Crippen LogP contribution in [-0.2, 0) is 4.79 Å². The van der Waals surface area contributed by atoms with Crippen LogP contribution in [-0.4, -0.2) is 55.0 Å². The van der Waals surface area contributed by atoms with Crippen molar-refractivity contribution in [2.45, 2.75) is 0 Å². The van der Waals surface area contributed by atoms with Gasteiger partial charge in [-0.2, -0.15) is 0 Å². The van der Waals surface area contributed by atoms with E-state index in [4.69, 9.17) is 0 Å². The summed E-state index contributed by atoms with van der Waals surface area (Å²) in [6.45, 7) is 6.13. The highest BCUT2D eigenvalue weighted by Crippen LogP contribution is 2.22. The largest absolute Gasteiger partial charge is 0.508 e. The number of nitrogens with zero attached hydrogens (tertiary/aromatic N) is 3. The number of piperazine rings is 1. The first-order valence-electron chi connectivity index (χ1n) is 8.83. The van der Waals surface area contributed by atoms with Gasteiger partial charge >= 0.3 is 0 Å². The minimum absolute atomic E-state index is 0.0187. The number of phenolic OH excluding ortho intramolecular Hbond substituents is 1. The summed E-state index contributed by atoms with van der Waals surface area (Å²) in [4.78, 5) is 29.9. The van der Waals surface area contributed by atoms with Crippen LogP contribution in [0.4, 0.5) is 11.4 Å². The summed E-state index contributed by atoms with van der Waals surface area (Å²) in [5, 5.41) is 9.62. The lowest BCUT2D eigenvalue weighted by Crippen LogP contribution is -2.48. The van der Waals surface area contributed by atoms with E-state index in [1.54, 1.807) is 43.4 Å². The van der Waals surface area contributed by atoms with Crippen molar-refractivity contribution in [3.05, 3.63) is 66.7 Å². The van der Waals surface area contributed by atoms with Crippen LogP contribution in [0.2, 0.25) is 0 Å². The minimum Gasteiger partial charge on any atom is -0.508 e. The molecule has 0 atom stereocenters. The Morgan fingerprint density at radius 1 is 1.07 bits per heavy atom. The second kappa shape index (κ2) is 7.95. The molecule has 6 nitrogen and oxygen atoms in total. The molecule has 3 rings (SSSR count). The van der Waals surface area contributed by atoms with Gasteiger partial charge in [0.2, 0.25) is 5.91 Å². The maximum Gasteiger partial charge on any atom is 0.253 e. The molecule has 1 aliphatic rings. The number of carbonyl (C=O) groups excluding carboxylic acids is 2. The number of benzene rings is 2. The number of phenols is 1. The number of hydrogen-bond acceptors (Lipinski definition) is 4. The van der Waals surface area contributed by atoms with Gasteiger partial charge in [0.15, 0.2) is 0 Å². The number of rotatable bonds is 4. The Balaban J connectivity index is 1.62. The molecule has 0 aromatic heterocycles. The molecule has 2 aromatic rings. The lowest BCUT2D eigenvalue weighted by molar-refractivity contribution is -0.113. The lowest BCUT2D eigenvalue weighted by atomic mass is 10.1. The number of carbonyl (C=O) groups is 2. The van der Waals surface area contributed by atoms with Gasteiger partial charge in [-0.25, -0.2) is 0 Å². The van der Waals surface area contributed by atoms with Crippen LogP contribution < -0.4 is 9.80 Å². The highest BCUT2D eigenvalue weighted by molar-refractivity contribution is 6.01. The van der Waals surface area contributed by atoms with E-state index in [0.717, 1.165) is 5.69 Å². The monoisotopic (exact) mass is 365 g/mol. The third-order valence-electron chi connectivity index (χ3n) is 4.77. The van der Waals surface area contributed by atoms with E-state index >= 15 is 0 Å². The SMILES string of the molecule is C=CC(=O)N(C)c1ccc(C(=O)N2CCN(c3cccc(O)c3)CC2)cc1. The maximum atomic E-state index is 12.7. The molecule has 1 saturated heterocycles. The van der Waals surface area contributed by atoms with Crippen LogP contribution in [0.15, 0.2) is 61.2 Å². The molecule has 27 heavy (non-hydrogen) atoms. The molecule has 0 unspecified atom stereocenters. The van der Waals surface area contributed by atoms with Crippen molar-refractivity contribution in [3.63, 3.8) is 0 Å². The summed E-state index contributed by atoms with van der Waals surface area (Å²) in [5.41, 5.74) is 2.27. The van der Waals surface area contributed by atoms with E-state index in [1.165, 1.54) is 11.0 Å². The number of amides is 2. The molecule has 0 aliphatic carbocycles. The van der Waals surface area contributed by atoms with Crippen molar-refractivity contribution >= 4 is 23.2 Å². The molecule has 1 fully saturated rings. The first kappa shape index (κ1) is 18.5. The van der Waals surface area contributed by atoms with Crippen molar-refractivity contribution in [1.29, 1.82) is 0 Å². The van der Waals surface area contributed by atoms with Gasteiger partial charge in [0.1, 0.15) is 5.75 Å². The van der Waals surface area contributed by atoms with Crippen molar-refractivity contribution in [2.75, 3.05) is 43.0 Å². The maximum absolute atomic E-state index is 12.7. The number of anilines is 2. The van der Waals surface area contributed by atoms with Gasteiger partial charge < -0.3 is 19.8 Å². The molecule has 140 valence electrons. The molecular formula is C21H23N3O3. The zero-order valence-corrected chi connectivity index (χ0v) is 15.3. The molecular weight excluding hydrogens is 342 g/mol. The summed E-state index contributed by atoms with van der Waals surface area (Å²) in [7, 11) is 1.67. The van der Waals surface area contributed by atoms with Crippen LogP contribution >= 0.6 is 0 Å². The molecule has 0 bridgehead atoms. The number of aromatic hydroxyl groups is 1. The second-order valence-corrected chi connectivity index (χ2v) is 6.45. The van der Waals surface area contributed by atoms with Crippen molar-refractivity contribution in [3.8, 4) is 5.75 Å². The Morgan fingerprint density at radius 2 is 1.74 bits per heavy atom. The first-order chi connectivity index (χ1) is 13.0. The molecule has 1 heterocycles. The van der Waals surface area contributed by atoms with E-state index in [0.29, 0.717) is 37.4 Å². The molecule has 6 heteroatoms. The predicted octanol–water partition coefficient (Wildman–Crippen LogP) is 2.50. The fourth-order valence-electron chi connectivity index (χ4n) is 3.13. The molecule has 2 amide bonds. The van der Waals surface area contributed by atoms with E-state index in [2.05, 4.69) is 11.5 Å². The summed E-state index contributed by atoms with van der Waals surface area (Å²) >= 11 is 0. The van der Waals surface area contributed by atoms with Crippen LogP contribution in [0.3, 0.4) is 0 Å². The first-order valence-corrected chi connectivity index (χ1v) is 8.83. The highest BCUT2D eigenvalue weighted by Gasteiger charge is 2.22. The van der Waals surface area contributed by atoms with Crippen LogP contribution in [0.1, 0.15) is 10.4 Å². The number of likely N-dealkylation sites (N-methyl/N-ethyl adjacent to an activating group) is 1. The molecule has 0 saturated carbocycles. The fraction of sp³-hybridized carbons (Fsp3) is 0.238. The Hall–Kier alpha value is -3.28. The highest BCUT2D eigenvalue weighted by atomic mass is 16.3. The quantitative estimate of drug-likeness (QED) is 0.846. The van der Waals surface area contributed by atoms with Crippen molar-refractivity contribution in [2.24, 2.45) is 0 Å². The van der Waals surface area contributed by atoms with E-state index in [-0.39, 0.29) is 17.6 Å². The van der Waals surface area contributed by atoms with Gasteiger partial charge in [-0.05, 0) is 42.5 Å². The third-order valence-corrected chi connectivity index (χ3v) is 4.77. The minimum atomic E-state index is -0.197. The van der Waals surface area contributed by atoms with E-state index in [9.17, 15) is 14.7 Å². The average molecular weight is 365 g/mol. The predicted molar refractivity (Wildman–Crippen MR) is 106 cm³/mol. The zero-order valence-electron chi connectivity index (χ0n) is 15.3. The Kier molecular flexibility index (Phi) is 5.45. The van der Waals surface area contributed by atoms with Crippen LogP contribution in [0.25, 0.3) is 0 Å². The van der Waals surface area contributed by atoms with Gasteiger partial charge in [0, 0.05) is 56.2 Å². The van der Waals surface area contributed by atoms with Gasteiger partial charge in [0.25, 0.3) is 5.91 Å². The average Bonchev–Trinajstić information content (AvgIpc) is 2.72. The van der Waals surface area contributed by atoms with Gasteiger partial charge in [-0.3, -0.25) is 9.59 Å². The van der Waals surface area contributed by atoms with Gasteiger partial charge in [-0.1, -0.05) is 12.6 Å². The Labute approximate surface area is 158 Å². The summed E-state index contributed by atoms with van der Waals surface area (Å²) in [6, 6.07) is 14.2. The molecule has 2 aromatic carbocycles. The zero-order chi connectivity index (χ0) is 19.4. The van der Waals surface area contributed by atoms with Gasteiger partial charge in [0.05, 0.1) is 0 Å². The Morgan fingerprint density at radius 3 is 2.33 bits per heavy atom. The summed E-state index contributed by atoms with van der Waals surface area (Å²) in [6.07, 6.45) is 1.25. The number of hydrogen-bond donors (Lipinski definition) is 1. The summed E-state index contributed by atoms with van der Waals surface area (Å²) in [5.74, 6) is 0.0259. The fourth-order valence-corrected chi connectivity index (χ4v) is 3.13. The van der Waals surface area contributed by atoms with Crippen molar-refractivity contribution < 1.29 is 14.7 Å².